The fourth-order valence-electron chi connectivity index (χ4n) is 2.75. The first-order valence-electron chi connectivity index (χ1n) is 8.21. The molecule has 0 atom stereocenters. The quantitative estimate of drug-likeness (QED) is 0.302. The third-order valence-electron chi connectivity index (χ3n) is 5.15. The van der Waals surface area contributed by atoms with E-state index in [1.54, 1.807) is 31.3 Å². The molecule has 0 saturated carbocycles. The van der Waals surface area contributed by atoms with E-state index in [9.17, 15) is 4.79 Å². The Bertz CT molecular complexity index is 628. The van der Waals surface area contributed by atoms with Crippen molar-refractivity contribution in [1.82, 2.24) is 15.5 Å². The van der Waals surface area contributed by atoms with E-state index in [0.717, 1.165) is 12.5 Å². The molecule has 1 aromatic rings. The number of amides is 1. The molecule has 5 nitrogen and oxygen atoms in total. The first-order chi connectivity index (χ1) is 11.2. The summed E-state index contributed by atoms with van der Waals surface area (Å²) in [5.41, 5.74) is 0.920. The number of rotatable bonds is 4. The number of hydrogen-bond acceptors (Lipinski definition) is 2. The monoisotopic (exact) mass is 478 g/mol. The topological polar surface area (TPSA) is 56.7 Å². The van der Waals surface area contributed by atoms with Gasteiger partial charge in [0.15, 0.2) is 5.96 Å². The number of aliphatic imine (C=N–C) groups is 1. The molecule has 2 N–H and O–H groups in total. The van der Waals surface area contributed by atoms with Gasteiger partial charge in [-0.15, -0.1) is 24.0 Å². The average molecular weight is 479 g/mol. The van der Waals surface area contributed by atoms with E-state index < -0.39 is 0 Å². The van der Waals surface area contributed by atoms with E-state index in [1.807, 2.05) is 0 Å². The van der Waals surface area contributed by atoms with Crippen molar-refractivity contribution in [3.8, 4) is 0 Å². The molecule has 0 aromatic heterocycles. The normalized spacial score (nSPS) is 18.0. The predicted molar refractivity (Wildman–Crippen MR) is 115 cm³/mol. The van der Waals surface area contributed by atoms with E-state index in [-0.39, 0.29) is 40.8 Å². The van der Waals surface area contributed by atoms with Crippen LogP contribution in [0.4, 0.5) is 0 Å². The number of halogens is 2. The molecule has 1 aliphatic rings. The Morgan fingerprint density at radius 3 is 2.20 bits per heavy atom. The molecule has 1 aliphatic heterocycles. The summed E-state index contributed by atoms with van der Waals surface area (Å²) in [6, 6.07) is 6.86. The van der Waals surface area contributed by atoms with Crippen LogP contribution in [0.2, 0.25) is 5.02 Å². The average Bonchev–Trinajstić information content (AvgIpc) is 2.54. The molecule has 1 aromatic carbocycles. The van der Waals surface area contributed by atoms with Crippen LogP contribution in [0.25, 0.3) is 0 Å². The third-order valence-corrected chi connectivity index (χ3v) is 5.40. The van der Waals surface area contributed by atoms with Crippen LogP contribution in [0.5, 0.6) is 0 Å². The Morgan fingerprint density at radius 2 is 1.72 bits per heavy atom. The predicted octanol–water partition coefficient (Wildman–Crippen LogP) is 3.38. The van der Waals surface area contributed by atoms with Crippen LogP contribution in [0, 0.1) is 5.41 Å². The maximum Gasteiger partial charge on any atom is 0.251 e. The number of carbonyl (C=O) groups is 1. The van der Waals surface area contributed by atoms with Gasteiger partial charge < -0.3 is 15.5 Å². The summed E-state index contributed by atoms with van der Waals surface area (Å²) in [4.78, 5) is 18.7. The minimum absolute atomic E-state index is 0. The van der Waals surface area contributed by atoms with Crippen LogP contribution >= 0.6 is 35.6 Å². The zero-order chi connectivity index (χ0) is 18.0. The summed E-state index contributed by atoms with van der Waals surface area (Å²) < 4.78 is 0. The highest BCUT2D eigenvalue weighted by Gasteiger charge is 2.53. The molecule has 1 amide bonds. The Balaban J connectivity index is 0.00000312. The molecule has 140 valence electrons. The lowest BCUT2D eigenvalue weighted by molar-refractivity contribution is -0.0666. The van der Waals surface area contributed by atoms with Crippen molar-refractivity contribution < 1.29 is 4.79 Å². The van der Waals surface area contributed by atoms with Gasteiger partial charge in [-0.3, -0.25) is 9.79 Å². The SMILES string of the molecule is CN=C(NCCNC(=O)c1ccc(Cl)cc1)N1CC(C)(C)C1(C)C.I. The van der Waals surface area contributed by atoms with Gasteiger partial charge in [0, 0.05) is 48.2 Å². The van der Waals surface area contributed by atoms with Crippen LogP contribution in [-0.2, 0) is 0 Å². The van der Waals surface area contributed by atoms with Crippen LogP contribution in [0.15, 0.2) is 29.3 Å². The summed E-state index contributed by atoms with van der Waals surface area (Å²) in [6.07, 6.45) is 0. The molecule has 25 heavy (non-hydrogen) atoms. The van der Waals surface area contributed by atoms with E-state index in [0.29, 0.717) is 23.7 Å². The van der Waals surface area contributed by atoms with Crippen LogP contribution in [0.3, 0.4) is 0 Å². The minimum atomic E-state index is -0.103. The number of guanidine groups is 1. The van der Waals surface area contributed by atoms with Crippen LogP contribution in [-0.4, -0.2) is 49.0 Å². The number of likely N-dealkylation sites (tertiary alicyclic amines) is 1. The number of carbonyl (C=O) groups excluding carboxylic acids is 1. The zero-order valence-corrected chi connectivity index (χ0v) is 18.6. The Labute approximate surface area is 172 Å². The lowest BCUT2D eigenvalue weighted by Crippen LogP contribution is -2.72. The molecular formula is C18H28ClIN4O. The van der Waals surface area contributed by atoms with Crippen molar-refractivity contribution in [2.45, 2.75) is 33.2 Å². The lowest BCUT2D eigenvalue weighted by Gasteiger charge is -2.62. The number of nitrogens with zero attached hydrogens (tertiary/aromatic N) is 2. The van der Waals surface area contributed by atoms with E-state index >= 15 is 0 Å². The number of nitrogens with one attached hydrogen (secondary N) is 2. The number of hydrogen-bond donors (Lipinski definition) is 2. The molecule has 7 heteroatoms. The van der Waals surface area contributed by atoms with Gasteiger partial charge >= 0.3 is 0 Å². The van der Waals surface area contributed by atoms with Crippen LogP contribution < -0.4 is 10.6 Å². The molecule has 0 spiro atoms. The van der Waals surface area contributed by atoms with Gasteiger partial charge in [0.25, 0.3) is 5.91 Å². The fourth-order valence-corrected chi connectivity index (χ4v) is 2.87. The summed E-state index contributed by atoms with van der Waals surface area (Å²) >= 11 is 5.83. The Kier molecular flexibility index (Phi) is 7.55. The van der Waals surface area contributed by atoms with Crippen molar-refractivity contribution in [2.24, 2.45) is 10.4 Å². The van der Waals surface area contributed by atoms with Gasteiger partial charge in [0.05, 0.1) is 0 Å². The van der Waals surface area contributed by atoms with Crippen molar-refractivity contribution in [3.63, 3.8) is 0 Å². The van der Waals surface area contributed by atoms with Gasteiger partial charge in [0.2, 0.25) is 0 Å². The van der Waals surface area contributed by atoms with Crippen LogP contribution in [0.1, 0.15) is 38.1 Å². The van der Waals surface area contributed by atoms with Crippen molar-refractivity contribution in [1.29, 1.82) is 0 Å². The lowest BCUT2D eigenvalue weighted by atomic mass is 9.65. The summed E-state index contributed by atoms with van der Waals surface area (Å²) in [7, 11) is 1.79. The van der Waals surface area contributed by atoms with Crippen molar-refractivity contribution in [2.75, 3.05) is 26.7 Å². The highest BCUT2D eigenvalue weighted by molar-refractivity contribution is 14.0. The van der Waals surface area contributed by atoms with E-state index in [2.05, 4.69) is 48.2 Å². The maximum atomic E-state index is 12.0. The van der Waals surface area contributed by atoms with Gasteiger partial charge in [0.1, 0.15) is 0 Å². The second kappa shape index (κ2) is 8.58. The first-order valence-corrected chi connectivity index (χ1v) is 8.59. The zero-order valence-electron chi connectivity index (χ0n) is 15.5. The molecule has 2 rings (SSSR count). The number of benzene rings is 1. The smallest absolute Gasteiger partial charge is 0.251 e. The molecule has 1 saturated heterocycles. The molecular weight excluding hydrogens is 451 g/mol. The van der Waals surface area contributed by atoms with Gasteiger partial charge in [-0.05, 0) is 38.1 Å². The summed E-state index contributed by atoms with van der Waals surface area (Å²) in [6.45, 7) is 11.1. The molecule has 1 fully saturated rings. The first kappa shape index (κ1) is 22.0. The Hall–Kier alpha value is -1.02. The molecule has 0 radical (unpaired) electrons. The standard InChI is InChI=1S/C18H27ClN4O.HI/c1-17(2)12-23(18(17,3)4)16(20-5)22-11-10-21-15(24)13-6-8-14(19)9-7-13;/h6-9H,10-12H2,1-5H3,(H,20,22)(H,21,24);1H. The summed E-state index contributed by atoms with van der Waals surface area (Å²) in [5.74, 6) is 0.772. The van der Waals surface area contributed by atoms with Gasteiger partial charge in [-0.2, -0.15) is 0 Å². The summed E-state index contributed by atoms with van der Waals surface area (Å²) in [5, 5.41) is 6.83. The third kappa shape index (κ3) is 4.78. The molecule has 0 bridgehead atoms. The maximum absolute atomic E-state index is 12.0. The molecule has 1 heterocycles. The second-order valence-electron chi connectivity index (χ2n) is 7.27. The largest absolute Gasteiger partial charge is 0.354 e. The molecule has 0 unspecified atom stereocenters. The van der Waals surface area contributed by atoms with Gasteiger partial charge in [-0.25, -0.2) is 0 Å². The minimum Gasteiger partial charge on any atom is -0.354 e. The van der Waals surface area contributed by atoms with Crippen molar-refractivity contribution in [3.05, 3.63) is 34.9 Å². The van der Waals surface area contributed by atoms with Gasteiger partial charge in [-0.1, -0.05) is 25.4 Å². The highest BCUT2D eigenvalue weighted by Crippen LogP contribution is 2.46. The fraction of sp³-hybridized carbons (Fsp3) is 0.556. The highest BCUT2D eigenvalue weighted by atomic mass is 127. The molecule has 0 aliphatic carbocycles. The van der Waals surface area contributed by atoms with E-state index in [1.165, 1.54) is 0 Å². The van der Waals surface area contributed by atoms with E-state index in [4.69, 9.17) is 11.6 Å². The van der Waals surface area contributed by atoms with Crippen molar-refractivity contribution >= 4 is 47.4 Å². The Morgan fingerprint density at radius 1 is 1.16 bits per heavy atom. The second-order valence-corrected chi connectivity index (χ2v) is 7.70.